The molecule has 6 aromatic rings. The van der Waals surface area contributed by atoms with Gasteiger partial charge >= 0.3 is 0 Å². The van der Waals surface area contributed by atoms with Crippen molar-refractivity contribution in [3.8, 4) is 0 Å². The van der Waals surface area contributed by atoms with Crippen LogP contribution in [0.3, 0.4) is 0 Å². The summed E-state index contributed by atoms with van der Waals surface area (Å²) in [6, 6.07) is 21.0. The lowest BCUT2D eigenvalue weighted by molar-refractivity contribution is 0.775. The fourth-order valence-electron chi connectivity index (χ4n) is 8.72. The molecule has 5 aromatic carbocycles. The Morgan fingerprint density at radius 2 is 1.02 bits per heavy atom. The number of allylic oxidation sites excluding steroid dienone is 2. The minimum absolute atomic E-state index is 0.176. The number of nitrogens with zero attached hydrogens (tertiary/aromatic N) is 3. The summed E-state index contributed by atoms with van der Waals surface area (Å²) >= 11 is 0. The number of aryl methyl sites for hydroxylation is 3. The lowest BCUT2D eigenvalue weighted by atomic mass is 9.79. The van der Waals surface area contributed by atoms with E-state index < -0.39 is 0 Å². The van der Waals surface area contributed by atoms with Gasteiger partial charge in [-0.1, -0.05) is 101 Å². The molecule has 49 heavy (non-hydrogen) atoms. The van der Waals surface area contributed by atoms with E-state index in [1.807, 2.05) is 11.9 Å². The number of anilines is 1. The summed E-state index contributed by atoms with van der Waals surface area (Å²) in [6.07, 6.45) is 0.745. The van der Waals surface area contributed by atoms with Gasteiger partial charge < -0.3 is 4.90 Å². The van der Waals surface area contributed by atoms with Crippen LogP contribution in [0.1, 0.15) is 56.5 Å². The average molecular weight is 634 g/mol. The number of benzene rings is 5. The normalized spacial score (nSPS) is 15.5. The lowest BCUT2D eigenvalue weighted by Gasteiger charge is -2.38. The predicted octanol–water partition coefficient (Wildman–Crippen LogP) is 9.85. The third kappa shape index (κ3) is 3.45. The zero-order valence-corrected chi connectivity index (χ0v) is 28.2. The molecule has 0 unspecified atom stereocenters. The van der Waals surface area contributed by atoms with Gasteiger partial charge in [-0.3, -0.25) is 4.79 Å². The first-order valence-corrected chi connectivity index (χ1v) is 16.5. The van der Waals surface area contributed by atoms with Gasteiger partial charge in [0.2, 0.25) is 0 Å². The maximum absolute atomic E-state index is 15.0. The largest absolute Gasteiger partial charge is 0.310 e. The molecule has 1 aromatic heterocycles. The summed E-state index contributed by atoms with van der Waals surface area (Å²) in [5.74, 6) is 0. The lowest BCUT2D eigenvalue weighted by Crippen LogP contribution is -2.48. The number of hydrogen-bond acceptors (Lipinski definition) is 3. The molecule has 3 aliphatic rings. The van der Waals surface area contributed by atoms with Crippen LogP contribution in [-0.4, -0.2) is 4.68 Å². The van der Waals surface area contributed by atoms with Crippen LogP contribution in [-0.2, 0) is 0 Å². The van der Waals surface area contributed by atoms with Crippen LogP contribution in [0.2, 0.25) is 0 Å². The molecule has 0 bridgehead atoms. The first-order valence-electron chi connectivity index (χ1n) is 16.5. The van der Waals surface area contributed by atoms with Crippen LogP contribution in [0.25, 0.3) is 72.8 Å². The highest BCUT2D eigenvalue weighted by molar-refractivity contribution is 6.22. The maximum Gasteiger partial charge on any atom is 0.278 e. The molecule has 3 heterocycles. The van der Waals surface area contributed by atoms with Crippen molar-refractivity contribution in [2.45, 2.75) is 27.2 Å². The Labute approximate surface area is 285 Å². The number of pyridine rings is 1. The van der Waals surface area contributed by atoms with E-state index in [1.165, 1.54) is 0 Å². The van der Waals surface area contributed by atoms with Crippen LogP contribution >= 0.6 is 0 Å². The summed E-state index contributed by atoms with van der Waals surface area (Å²) in [4.78, 5) is 17.1. The van der Waals surface area contributed by atoms with E-state index in [4.69, 9.17) is 0 Å². The van der Waals surface area contributed by atoms with Crippen LogP contribution in [0.4, 0.5) is 5.69 Å². The predicted molar refractivity (Wildman–Crippen MR) is 211 cm³/mol. The molecule has 236 valence electrons. The Morgan fingerprint density at radius 1 is 0.531 bits per heavy atom. The fourth-order valence-corrected chi connectivity index (χ4v) is 8.72. The van der Waals surface area contributed by atoms with Gasteiger partial charge in [0.15, 0.2) is 0 Å². The molecule has 1 aliphatic carbocycles. The Morgan fingerprint density at radius 3 is 1.63 bits per heavy atom. The van der Waals surface area contributed by atoms with Gasteiger partial charge in [-0.2, -0.15) is 0 Å². The monoisotopic (exact) mass is 633 g/mol. The summed E-state index contributed by atoms with van der Waals surface area (Å²) < 4.78 is 1.66. The topological polar surface area (TPSA) is 28.5 Å². The second kappa shape index (κ2) is 9.48. The zero-order chi connectivity index (χ0) is 34.4. The third-order valence-corrected chi connectivity index (χ3v) is 11.0. The molecule has 0 saturated carbocycles. The molecule has 0 atom stereocenters. The first kappa shape index (κ1) is 29.0. The van der Waals surface area contributed by atoms with E-state index in [1.54, 1.807) is 4.68 Å². The van der Waals surface area contributed by atoms with E-state index >= 15 is 0 Å². The van der Waals surface area contributed by atoms with Crippen molar-refractivity contribution in [2.75, 3.05) is 9.91 Å². The third-order valence-electron chi connectivity index (χ3n) is 11.0. The van der Waals surface area contributed by atoms with E-state index in [0.29, 0.717) is 22.1 Å². The number of para-hydroxylation sites is 1. The standard InChI is InChI=1S/C45H35N3O/c1-22-12-11-13-23(2)44(22)46-27(6)34-18-19-37-31(10)48(45(49)39-26(5)21-38(28(46)7)42(34)43(37)39)47-29(8)35-16-14-32-24(3)20-25(4)33-15-17-36(30(47)9)41(35)40(32)33/h11-19,21H,3-4,6-10,20H2,1-2,5H3. The fraction of sp³-hybridized carbons (Fsp3) is 0.0889. The Bertz CT molecular complexity index is 2730. The van der Waals surface area contributed by atoms with Crippen molar-refractivity contribution >= 4 is 78.5 Å². The highest BCUT2D eigenvalue weighted by Gasteiger charge is 2.34. The van der Waals surface area contributed by atoms with E-state index in [9.17, 15) is 4.79 Å². The van der Waals surface area contributed by atoms with E-state index in [0.717, 1.165) is 112 Å². The van der Waals surface area contributed by atoms with Crippen molar-refractivity contribution in [3.63, 3.8) is 0 Å². The minimum atomic E-state index is -0.176. The zero-order valence-electron chi connectivity index (χ0n) is 28.2. The van der Waals surface area contributed by atoms with Gasteiger partial charge in [0, 0.05) is 55.2 Å². The molecule has 4 heteroatoms. The van der Waals surface area contributed by atoms with Gasteiger partial charge in [0.25, 0.3) is 5.56 Å². The van der Waals surface area contributed by atoms with E-state index in [2.05, 4.69) is 125 Å². The molecule has 2 aliphatic heterocycles. The molecule has 4 nitrogen and oxygen atoms in total. The molecule has 0 fully saturated rings. The van der Waals surface area contributed by atoms with Gasteiger partial charge in [-0.15, -0.1) is 0 Å². The van der Waals surface area contributed by atoms with Gasteiger partial charge in [-0.05, 0) is 77.6 Å². The van der Waals surface area contributed by atoms with Crippen molar-refractivity contribution < 1.29 is 0 Å². The Balaban J connectivity index is 1.29. The summed E-state index contributed by atoms with van der Waals surface area (Å²) in [5, 5.41) is 7.97. The smallest absolute Gasteiger partial charge is 0.278 e. The van der Waals surface area contributed by atoms with Gasteiger partial charge in [0.05, 0.1) is 27.8 Å². The summed E-state index contributed by atoms with van der Waals surface area (Å²) in [5.41, 5.74) is 15.2. The van der Waals surface area contributed by atoms with Crippen LogP contribution < -0.4 is 20.8 Å². The highest BCUT2D eigenvalue weighted by atomic mass is 16.1. The molecule has 0 saturated heterocycles. The second-order valence-corrected chi connectivity index (χ2v) is 13.7. The molecular formula is C45H35N3O. The van der Waals surface area contributed by atoms with Crippen molar-refractivity contribution in [1.29, 1.82) is 0 Å². The molecule has 0 amide bonds. The number of aromatic nitrogens is 1. The SMILES string of the molecule is C=C1CC(=C)c2ccc3c4c(ccc1c24)C(=C)N(n1c(=C)c2ccc4c5c(cc(C)c(c1=O)c52)C(=C)N(c1c(C)cccc1C)C4=C)C3=C. The van der Waals surface area contributed by atoms with Gasteiger partial charge in [-0.25, -0.2) is 9.69 Å². The summed E-state index contributed by atoms with van der Waals surface area (Å²) in [7, 11) is 0. The molecule has 9 rings (SSSR count). The first-order chi connectivity index (χ1) is 23.4. The van der Waals surface area contributed by atoms with Crippen molar-refractivity contribution in [3.05, 3.63) is 166 Å². The second-order valence-electron chi connectivity index (χ2n) is 13.7. The van der Waals surface area contributed by atoms with Crippen LogP contribution in [0.5, 0.6) is 0 Å². The molecule has 0 radical (unpaired) electrons. The van der Waals surface area contributed by atoms with Crippen molar-refractivity contribution in [2.24, 2.45) is 0 Å². The van der Waals surface area contributed by atoms with Crippen LogP contribution in [0.15, 0.2) is 105 Å². The quantitative estimate of drug-likeness (QED) is 0.190. The minimum Gasteiger partial charge on any atom is -0.310 e. The van der Waals surface area contributed by atoms with Gasteiger partial charge in [0.1, 0.15) is 0 Å². The molecule has 0 N–H and O–H groups in total. The van der Waals surface area contributed by atoms with Crippen LogP contribution in [0, 0.1) is 20.8 Å². The van der Waals surface area contributed by atoms with Crippen molar-refractivity contribution in [1.82, 2.24) is 4.68 Å². The highest BCUT2D eigenvalue weighted by Crippen LogP contribution is 2.49. The summed E-state index contributed by atoms with van der Waals surface area (Å²) in [6.45, 7) is 37.8. The Hall–Kier alpha value is -6.13. The average Bonchev–Trinajstić information content (AvgIpc) is 3.06. The molecule has 0 spiro atoms. The number of rotatable bonds is 2. The van der Waals surface area contributed by atoms with E-state index in [-0.39, 0.29) is 5.56 Å². The Kier molecular flexibility index (Phi) is 5.62. The molecular weight excluding hydrogens is 599 g/mol. The maximum atomic E-state index is 15.0. The number of hydrogen-bond donors (Lipinski definition) is 0.